The first-order chi connectivity index (χ1) is 11.0. The van der Waals surface area contributed by atoms with Gasteiger partial charge in [0.05, 0.1) is 11.1 Å². The first-order valence-electron chi connectivity index (χ1n) is 7.33. The average Bonchev–Trinajstić information content (AvgIpc) is 3.00. The maximum Gasteiger partial charge on any atom is 0.322 e. The van der Waals surface area contributed by atoms with E-state index >= 15 is 0 Å². The van der Waals surface area contributed by atoms with Crippen molar-refractivity contribution in [3.63, 3.8) is 0 Å². The summed E-state index contributed by atoms with van der Waals surface area (Å²) in [5.74, 6) is -0.858. The van der Waals surface area contributed by atoms with Crippen LogP contribution in [0.15, 0.2) is 42.5 Å². The van der Waals surface area contributed by atoms with Crippen molar-refractivity contribution < 1.29 is 13.6 Å². The van der Waals surface area contributed by atoms with E-state index < -0.39 is 5.82 Å². The van der Waals surface area contributed by atoms with Crippen LogP contribution in [0.3, 0.4) is 0 Å². The van der Waals surface area contributed by atoms with Gasteiger partial charge in [-0.05, 0) is 48.7 Å². The molecule has 0 aromatic heterocycles. The molecule has 2 aromatic rings. The van der Waals surface area contributed by atoms with Crippen molar-refractivity contribution in [2.75, 3.05) is 11.9 Å². The number of rotatable bonds is 2. The number of nitrogens with zero attached hydrogens (tertiary/aromatic N) is 1. The van der Waals surface area contributed by atoms with Crippen LogP contribution >= 0.6 is 11.6 Å². The van der Waals surface area contributed by atoms with E-state index in [1.54, 1.807) is 11.0 Å². The summed E-state index contributed by atoms with van der Waals surface area (Å²) < 4.78 is 26.6. The maximum absolute atomic E-state index is 13.4. The standard InChI is InChI=1S/C17H15ClF2N2O/c18-14-10-13(6-7-15(14)20)21-17(23)22-8-2-5-16(22)11-3-1-4-12(19)9-11/h1,3-4,6-7,9-10,16H,2,5,8H2,(H,21,23)/t16-/m1/s1. The second-order valence-corrected chi connectivity index (χ2v) is 5.87. The number of carbonyl (C=O) groups is 1. The highest BCUT2D eigenvalue weighted by Crippen LogP contribution is 2.32. The molecule has 23 heavy (non-hydrogen) atoms. The van der Waals surface area contributed by atoms with Gasteiger partial charge in [-0.1, -0.05) is 23.7 Å². The molecule has 1 heterocycles. The number of carbonyl (C=O) groups excluding carboxylic acids is 1. The Kier molecular flexibility index (Phi) is 4.48. The molecule has 1 aliphatic rings. The zero-order chi connectivity index (χ0) is 16.4. The molecule has 1 saturated heterocycles. The molecule has 0 spiro atoms. The Labute approximate surface area is 137 Å². The van der Waals surface area contributed by atoms with Crippen LogP contribution in [0.25, 0.3) is 0 Å². The summed E-state index contributed by atoms with van der Waals surface area (Å²) in [5.41, 5.74) is 1.20. The molecule has 0 aliphatic carbocycles. The van der Waals surface area contributed by atoms with Crippen LogP contribution in [0.5, 0.6) is 0 Å². The lowest BCUT2D eigenvalue weighted by Crippen LogP contribution is -2.34. The second-order valence-electron chi connectivity index (χ2n) is 5.47. The third-order valence-corrected chi connectivity index (χ3v) is 4.21. The summed E-state index contributed by atoms with van der Waals surface area (Å²) in [4.78, 5) is 14.1. The SMILES string of the molecule is O=C(Nc1ccc(F)c(Cl)c1)N1CCC[C@@H]1c1cccc(F)c1. The lowest BCUT2D eigenvalue weighted by Gasteiger charge is -2.25. The van der Waals surface area contributed by atoms with Gasteiger partial charge in [-0.2, -0.15) is 0 Å². The monoisotopic (exact) mass is 336 g/mol. The van der Waals surface area contributed by atoms with Gasteiger partial charge in [-0.15, -0.1) is 0 Å². The first-order valence-corrected chi connectivity index (χ1v) is 7.70. The molecule has 3 nitrogen and oxygen atoms in total. The molecule has 0 radical (unpaired) electrons. The minimum absolute atomic E-state index is 0.0501. The zero-order valence-corrected chi connectivity index (χ0v) is 13.0. The van der Waals surface area contributed by atoms with E-state index in [-0.39, 0.29) is 22.9 Å². The molecule has 0 unspecified atom stereocenters. The average molecular weight is 337 g/mol. The van der Waals surface area contributed by atoms with Gasteiger partial charge in [-0.3, -0.25) is 0 Å². The van der Waals surface area contributed by atoms with E-state index in [9.17, 15) is 13.6 Å². The third-order valence-electron chi connectivity index (χ3n) is 3.92. The first kappa shape index (κ1) is 15.7. The number of likely N-dealkylation sites (tertiary alicyclic amines) is 1. The summed E-state index contributed by atoms with van der Waals surface area (Å²) in [7, 11) is 0. The molecule has 2 amide bonds. The quantitative estimate of drug-likeness (QED) is 0.823. The lowest BCUT2D eigenvalue weighted by molar-refractivity contribution is 0.207. The van der Waals surface area contributed by atoms with Gasteiger partial charge < -0.3 is 10.2 Å². The molecule has 2 aromatic carbocycles. The largest absolute Gasteiger partial charge is 0.322 e. The predicted octanol–water partition coefficient (Wildman–Crippen LogP) is 4.99. The van der Waals surface area contributed by atoms with Gasteiger partial charge in [0.15, 0.2) is 0 Å². The number of urea groups is 1. The molecular formula is C17H15ClF2N2O. The summed E-state index contributed by atoms with van der Waals surface area (Å²) in [6.07, 6.45) is 1.62. The number of hydrogen-bond acceptors (Lipinski definition) is 1. The predicted molar refractivity (Wildman–Crippen MR) is 85.5 cm³/mol. The molecular weight excluding hydrogens is 322 g/mol. The maximum atomic E-state index is 13.4. The molecule has 0 bridgehead atoms. The number of amides is 2. The summed E-state index contributed by atoms with van der Waals surface area (Å²) >= 11 is 5.72. The lowest BCUT2D eigenvalue weighted by atomic mass is 10.0. The molecule has 1 N–H and O–H groups in total. The van der Waals surface area contributed by atoms with Gasteiger partial charge in [0, 0.05) is 12.2 Å². The molecule has 3 rings (SSSR count). The van der Waals surface area contributed by atoms with Crippen molar-refractivity contribution >= 4 is 23.3 Å². The van der Waals surface area contributed by atoms with Crippen LogP contribution in [0, 0.1) is 11.6 Å². The molecule has 1 aliphatic heterocycles. The third kappa shape index (κ3) is 3.45. The number of benzene rings is 2. The highest BCUT2D eigenvalue weighted by molar-refractivity contribution is 6.31. The van der Waals surface area contributed by atoms with Gasteiger partial charge in [-0.25, -0.2) is 13.6 Å². The van der Waals surface area contributed by atoms with Crippen LogP contribution in [0.2, 0.25) is 5.02 Å². The summed E-state index contributed by atoms with van der Waals surface area (Å²) in [6.45, 7) is 0.585. The summed E-state index contributed by atoms with van der Waals surface area (Å²) in [5, 5.41) is 2.66. The van der Waals surface area contributed by atoms with Gasteiger partial charge in [0.2, 0.25) is 0 Å². The van der Waals surface area contributed by atoms with E-state index in [4.69, 9.17) is 11.6 Å². The number of nitrogens with one attached hydrogen (secondary N) is 1. The van der Waals surface area contributed by atoms with Crippen molar-refractivity contribution in [2.24, 2.45) is 0 Å². The Bertz CT molecular complexity index is 738. The van der Waals surface area contributed by atoms with E-state index in [0.29, 0.717) is 12.2 Å². The van der Waals surface area contributed by atoms with Crippen LogP contribution in [0.1, 0.15) is 24.4 Å². The van der Waals surface area contributed by atoms with Crippen LogP contribution < -0.4 is 5.32 Å². The van der Waals surface area contributed by atoms with E-state index in [1.807, 2.05) is 6.07 Å². The Morgan fingerprint density at radius 3 is 2.78 bits per heavy atom. The second kappa shape index (κ2) is 6.54. The minimum atomic E-state index is -0.538. The van der Waals surface area contributed by atoms with Crippen molar-refractivity contribution in [2.45, 2.75) is 18.9 Å². The highest BCUT2D eigenvalue weighted by atomic mass is 35.5. The topological polar surface area (TPSA) is 32.3 Å². The fourth-order valence-corrected chi connectivity index (χ4v) is 3.02. The Balaban J connectivity index is 1.76. The van der Waals surface area contributed by atoms with E-state index in [2.05, 4.69) is 5.32 Å². The number of anilines is 1. The molecule has 0 saturated carbocycles. The Morgan fingerprint density at radius 2 is 2.04 bits per heavy atom. The summed E-state index contributed by atoms with van der Waals surface area (Å²) in [6, 6.07) is 9.82. The molecule has 6 heteroatoms. The zero-order valence-electron chi connectivity index (χ0n) is 12.2. The van der Waals surface area contributed by atoms with Crippen LogP contribution in [-0.4, -0.2) is 17.5 Å². The van der Waals surface area contributed by atoms with Crippen molar-refractivity contribution in [3.8, 4) is 0 Å². The fourth-order valence-electron chi connectivity index (χ4n) is 2.84. The Hall–Kier alpha value is -2.14. The van der Waals surface area contributed by atoms with E-state index in [1.165, 1.54) is 30.3 Å². The molecule has 1 fully saturated rings. The van der Waals surface area contributed by atoms with Crippen LogP contribution in [0.4, 0.5) is 19.3 Å². The van der Waals surface area contributed by atoms with E-state index in [0.717, 1.165) is 18.4 Å². The van der Waals surface area contributed by atoms with Crippen molar-refractivity contribution in [1.82, 2.24) is 4.90 Å². The number of halogens is 3. The van der Waals surface area contributed by atoms with Crippen molar-refractivity contribution in [1.29, 1.82) is 0 Å². The highest BCUT2D eigenvalue weighted by Gasteiger charge is 2.30. The smallest absolute Gasteiger partial charge is 0.317 e. The van der Waals surface area contributed by atoms with Crippen LogP contribution in [-0.2, 0) is 0 Å². The van der Waals surface area contributed by atoms with Crippen molar-refractivity contribution in [3.05, 3.63) is 64.7 Å². The molecule has 1 atom stereocenters. The van der Waals surface area contributed by atoms with Gasteiger partial charge in [0.25, 0.3) is 0 Å². The minimum Gasteiger partial charge on any atom is -0.317 e. The Morgan fingerprint density at radius 1 is 1.22 bits per heavy atom. The normalized spacial score (nSPS) is 17.3. The van der Waals surface area contributed by atoms with Gasteiger partial charge in [0.1, 0.15) is 11.6 Å². The molecule has 120 valence electrons. The fraction of sp³-hybridized carbons (Fsp3) is 0.235. The number of hydrogen-bond donors (Lipinski definition) is 1. The van der Waals surface area contributed by atoms with Gasteiger partial charge >= 0.3 is 6.03 Å².